The van der Waals surface area contributed by atoms with Gasteiger partial charge in [-0.1, -0.05) is 140 Å². The second-order valence-corrected chi connectivity index (χ2v) is 13.9. The highest BCUT2D eigenvalue weighted by Gasteiger charge is 2.13. The Morgan fingerprint density at radius 1 is 0.259 bits per heavy atom. The predicted molar refractivity (Wildman–Crippen MR) is 224 cm³/mol. The fourth-order valence-corrected chi connectivity index (χ4v) is 7.84. The highest BCUT2D eigenvalue weighted by atomic mass is 14.8. The summed E-state index contributed by atoms with van der Waals surface area (Å²) in [4.78, 5) is 20.6. The van der Waals surface area contributed by atoms with E-state index in [1.807, 2.05) is 18.2 Å². The molecule has 0 radical (unpaired) electrons. The second-order valence-electron chi connectivity index (χ2n) is 13.9. The molecular formula is C50H30N4. The van der Waals surface area contributed by atoms with E-state index in [4.69, 9.17) is 19.9 Å². The zero-order valence-electron chi connectivity index (χ0n) is 29.1. The van der Waals surface area contributed by atoms with Gasteiger partial charge in [0, 0.05) is 32.7 Å². The van der Waals surface area contributed by atoms with Crippen LogP contribution in [0.3, 0.4) is 0 Å². The van der Waals surface area contributed by atoms with E-state index in [1.165, 1.54) is 27.1 Å². The van der Waals surface area contributed by atoms with Gasteiger partial charge in [-0.05, 0) is 75.1 Å². The van der Waals surface area contributed by atoms with Gasteiger partial charge in [0.05, 0.1) is 44.8 Å². The van der Waals surface area contributed by atoms with E-state index in [1.54, 1.807) is 0 Å². The maximum absolute atomic E-state index is 5.21. The molecule has 250 valence electrons. The summed E-state index contributed by atoms with van der Waals surface area (Å²) in [5.74, 6) is 0. The minimum absolute atomic E-state index is 0.812. The molecular weight excluding hydrogens is 657 g/mol. The lowest BCUT2D eigenvalue weighted by Crippen LogP contribution is -1.93. The van der Waals surface area contributed by atoms with Crippen molar-refractivity contribution < 1.29 is 0 Å². The summed E-state index contributed by atoms with van der Waals surface area (Å²) in [6, 6.07) is 63.9. The van der Waals surface area contributed by atoms with Gasteiger partial charge in [-0.2, -0.15) is 0 Å². The lowest BCUT2D eigenvalue weighted by atomic mass is 9.93. The molecule has 0 aliphatic heterocycles. The minimum Gasteiger partial charge on any atom is -0.248 e. The van der Waals surface area contributed by atoms with Crippen LogP contribution in [-0.4, -0.2) is 19.9 Å². The fourth-order valence-electron chi connectivity index (χ4n) is 7.84. The number of hydrogen-bond donors (Lipinski definition) is 0. The monoisotopic (exact) mass is 686 g/mol. The van der Waals surface area contributed by atoms with Crippen LogP contribution in [0, 0.1) is 0 Å². The van der Waals surface area contributed by atoms with Crippen molar-refractivity contribution in [2.75, 3.05) is 0 Å². The third-order valence-electron chi connectivity index (χ3n) is 10.6. The third-order valence-corrected chi connectivity index (χ3v) is 10.6. The molecule has 0 aliphatic rings. The number of hydrogen-bond acceptors (Lipinski definition) is 4. The molecule has 0 spiro atoms. The van der Waals surface area contributed by atoms with E-state index in [9.17, 15) is 0 Å². The van der Waals surface area contributed by atoms with Crippen LogP contribution in [0.1, 0.15) is 0 Å². The van der Waals surface area contributed by atoms with Crippen molar-refractivity contribution in [3.05, 3.63) is 182 Å². The predicted octanol–water partition coefficient (Wildman–Crippen LogP) is 12.9. The lowest BCUT2D eigenvalue weighted by Gasteiger charge is -2.12. The summed E-state index contributed by atoms with van der Waals surface area (Å²) >= 11 is 0. The van der Waals surface area contributed by atoms with Crippen LogP contribution in [0.5, 0.6) is 0 Å². The van der Waals surface area contributed by atoms with Crippen molar-refractivity contribution >= 4 is 65.2 Å². The van der Waals surface area contributed by atoms with Crippen LogP contribution < -0.4 is 0 Å². The van der Waals surface area contributed by atoms with Gasteiger partial charge < -0.3 is 0 Å². The molecule has 4 heteroatoms. The highest BCUT2D eigenvalue weighted by molar-refractivity contribution is 6.14. The van der Waals surface area contributed by atoms with Crippen molar-refractivity contribution in [1.29, 1.82) is 0 Å². The lowest BCUT2D eigenvalue weighted by molar-refractivity contribution is 1.31. The summed E-state index contributed by atoms with van der Waals surface area (Å²) in [5.41, 5.74) is 11.5. The van der Waals surface area contributed by atoms with E-state index >= 15 is 0 Å². The molecule has 0 N–H and O–H groups in total. The average Bonchev–Trinajstić information content (AvgIpc) is 3.25. The fraction of sp³-hybridized carbons (Fsp3) is 0. The Morgan fingerprint density at radius 3 is 1.48 bits per heavy atom. The smallest absolute Gasteiger partial charge is 0.0973 e. The molecule has 0 saturated carbocycles. The normalized spacial score (nSPS) is 11.7. The summed E-state index contributed by atoms with van der Waals surface area (Å²) in [6.45, 7) is 0. The van der Waals surface area contributed by atoms with Crippen LogP contribution in [0.25, 0.3) is 110 Å². The summed E-state index contributed by atoms with van der Waals surface area (Å²) in [6.07, 6.45) is 0. The van der Waals surface area contributed by atoms with E-state index in [0.717, 1.165) is 83.1 Å². The van der Waals surface area contributed by atoms with Crippen LogP contribution in [0.4, 0.5) is 0 Å². The molecule has 0 amide bonds. The quantitative estimate of drug-likeness (QED) is 0.173. The van der Waals surface area contributed by atoms with Crippen molar-refractivity contribution in [2.45, 2.75) is 0 Å². The Balaban J connectivity index is 0.984. The first-order chi connectivity index (χ1) is 26.7. The molecule has 0 aliphatic carbocycles. The van der Waals surface area contributed by atoms with Gasteiger partial charge in [-0.15, -0.1) is 0 Å². The Bertz CT molecular complexity index is 3280. The van der Waals surface area contributed by atoms with Crippen LogP contribution in [0.2, 0.25) is 0 Å². The van der Waals surface area contributed by atoms with Gasteiger partial charge in [0.2, 0.25) is 0 Å². The Morgan fingerprint density at radius 2 is 0.741 bits per heavy atom. The molecule has 0 unspecified atom stereocenters. The van der Waals surface area contributed by atoms with Gasteiger partial charge in [-0.3, -0.25) is 0 Å². The second kappa shape index (κ2) is 12.1. The van der Waals surface area contributed by atoms with Gasteiger partial charge in [0.1, 0.15) is 0 Å². The van der Waals surface area contributed by atoms with Crippen LogP contribution in [0.15, 0.2) is 182 Å². The van der Waals surface area contributed by atoms with Gasteiger partial charge in [0.15, 0.2) is 0 Å². The molecule has 0 bridgehead atoms. The Hall–Kier alpha value is -7.30. The molecule has 4 aromatic heterocycles. The average molecular weight is 687 g/mol. The first-order valence-electron chi connectivity index (χ1n) is 18.2. The molecule has 4 heterocycles. The maximum Gasteiger partial charge on any atom is 0.0973 e. The first kappa shape index (κ1) is 30.3. The number of fused-ring (bicyclic) bond motifs is 8. The Labute approximate surface area is 311 Å². The van der Waals surface area contributed by atoms with Crippen molar-refractivity contribution in [1.82, 2.24) is 19.9 Å². The highest BCUT2D eigenvalue weighted by Crippen LogP contribution is 2.37. The molecule has 54 heavy (non-hydrogen) atoms. The van der Waals surface area contributed by atoms with Gasteiger partial charge in [0.25, 0.3) is 0 Å². The zero-order chi connectivity index (χ0) is 35.6. The number of benzene rings is 7. The van der Waals surface area contributed by atoms with Gasteiger partial charge in [-0.25, -0.2) is 19.9 Å². The van der Waals surface area contributed by atoms with Crippen molar-refractivity contribution in [3.8, 4) is 45.0 Å². The number of pyridine rings is 4. The minimum atomic E-state index is 0.812. The molecule has 11 aromatic rings. The molecule has 0 saturated heterocycles. The summed E-state index contributed by atoms with van der Waals surface area (Å²) in [7, 11) is 0. The topological polar surface area (TPSA) is 51.6 Å². The number of nitrogens with zero attached hydrogens (tertiary/aromatic N) is 4. The maximum atomic E-state index is 5.21. The van der Waals surface area contributed by atoms with E-state index in [-0.39, 0.29) is 0 Å². The third kappa shape index (κ3) is 5.07. The number of aromatic nitrogens is 4. The van der Waals surface area contributed by atoms with E-state index in [0.29, 0.717) is 0 Å². The Kier molecular flexibility index (Phi) is 6.82. The van der Waals surface area contributed by atoms with Gasteiger partial charge >= 0.3 is 0 Å². The zero-order valence-corrected chi connectivity index (χ0v) is 29.1. The standard InChI is InChI=1S/C50H30N4/c1-2-8-31(9-3-1)43-25-22-34-16-17-35-23-27-46(54-50(35)49(34)53-43)45-26-21-33-15-19-38(30-48(33)52-45)44-24-20-32-14-18-37(29-47(32)51-44)42-28-36-10-4-5-11-39(36)40-12-6-7-13-41(40)42/h1-30H. The molecule has 4 nitrogen and oxygen atoms in total. The van der Waals surface area contributed by atoms with E-state index < -0.39 is 0 Å². The van der Waals surface area contributed by atoms with E-state index in [2.05, 4.69) is 164 Å². The first-order valence-corrected chi connectivity index (χ1v) is 18.2. The van der Waals surface area contributed by atoms with Crippen LogP contribution in [-0.2, 0) is 0 Å². The van der Waals surface area contributed by atoms with Crippen molar-refractivity contribution in [3.63, 3.8) is 0 Å². The number of rotatable bonds is 4. The molecule has 0 fully saturated rings. The molecule has 0 atom stereocenters. The largest absolute Gasteiger partial charge is 0.248 e. The SMILES string of the molecule is c1ccc(-c2ccc3ccc4ccc(-c5ccc6ccc(-c7ccc8ccc(-c9cc%10ccccc%10c%10ccccc9%10)cc8n7)cc6n5)nc4c3n2)cc1. The summed E-state index contributed by atoms with van der Waals surface area (Å²) < 4.78 is 0. The van der Waals surface area contributed by atoms with Crippen LogP contribution >= 0.6 is 0 Å². The molecule has 11 rings (SSSR count). The summed E-state index contributed by atoms with van der Waals surface area (Å²) in [5, 5.41) is 9.28. The van der Waals surface area contributed by atoms with Crippen molar-refractivity contribution in [2.24, 2.45) is 0 Å². The molecule has 7 aromatic carbocycles.